The van der Waals surface area contributed by atoms with E-state index in [1.54, 1.807) is 18.6 Å². The Morgan fingerprint density at radius 3 is 2.95 bits per heavy atom. The van der Waals surface area contributed by atoms with Crippen LogP contribution in [0.4, 0.5) is 0 Å². The highest BCUT2D eigenvalue weighted by atomic mass is 32.2. The van der Waals surface area contributed by atoms with E-state index in [0.717, 1.165) is 12.1 Å². The lowest BCUT2D eigenvalue weighted by molar-refractivity contribution is 0.459. The molecule has 2 aromatic rings. The molecule has 1 aliphatic rings. The van der Waals surface area contributed by atoms with Crippen LogP contribution >= 0.6 is 0 Å². The maximum Gasteiger partial charge on any atom is 0.246 e. The average molecular weight is 308 g/mol. The molecule has 7 nitrogen and oxygen atoms in total. The van der Waals surface area contributed by atoms with E-state index < -0.39 is 10.0 Å². The van der Waals surface area contributed by atoms with Gasteiger partial charge in [-0.05, 0) is 18.8 Å². The fraction of sp³-hybridized carbons (Fsp3) is 0.462. The zero-order valence-electron chi connectivity index (χ0n) is 11.6. The maximum absolute atomic E-state index is 11.5. The molecule has 1 fully saturated rings. The van der Waals surface area contributed by atoms with Gasteiger partial charge in [0.1, 0.15) is 12.0 Å². The van der Waals surface area contributed by atoms with Gasteiger partial charge in [-0.15, -0.1) is 0 Å². The molecule has 1 aliphatic heterocycles. The SMILES string of the molecule is CS(=O)(=O)N1CC[C@@H](Cc2cncc(-c3ncco3)n2)C1. The van der Waals surface area contributed by atoms with Crippen LogP contribution in [0.2, 0.25) is 0 Å². The molecule has 1 saturated heterocycles. The molecule has 3 rings (SSSR count). The Hall–Kier alpha value is -1.80. The fourth-order valence-electron chi connectivity index (χ4n) is 2.52. The summed E-state index contributed by atoms with van der Waals surface area (Å²) in [5.41, 5.74) is 1.42. The molecule has 0 N–H and O–H groups in total. The van der Waals surface area contributed by atoms with Gasteiger partial charge in [0.05, 0.1) is 24.3 Å². The van der Waals surface area contributed by atoms with Crippen LogP contribution < -0.4 is 0 Å². The molecule has 0 unspecified atom stereocenters. The first kappa shape index (κ1) is 14.2. The molecule has 21 heavy (non-hydrogen) atoms. The summed E-state index contributed by atoms with van der Waals surface area (Å²) in [6, 6.07) is 0. The molecule has 0 bridgehead atoms. The molecule has 0 aliphatic carbocycles. The lowest BCUT2D eigenvalue weighted by atomic mass is 10.0. The Morgan fingerprint density at radius 2 is 2.29 bits per heavy atom. The van der Waals surface area contributed by atoms with Gasteiger partial charge in [-0.2, -0.15) is 0 Å². The summed E-state index contributed by atoms with van der Waals surface area (Å²) < 4.78 is 29.8. The Labute approximate surface area is 123 Å². The number of nitrogens with zero attached hydrogens (tertiary/aromatic N) is 4. The van der Waals surface area contributed by atoms with E-state index in [2.05, 4.69) is 15.0 Å². The van der Waals surface area contributed by atoms with Crippen LogP contribution in [0.1, 0.15) is 12.1 Å². The van der Waals surface area contributed by atoms with Crippen LogP contribution in [0, 0.1) is 5.92 Å². The summed E-state index contributed by atoms with van der Waals surface area (Å²) in [4.78, 5) is 12.7. The van der Waals surface area contributed by atoms with Crippen molar-refractivity contribution in [1.82, 2.24) is 19.3 Å². The van der Waals surface area contributed by atoms with Gasteiger partial charge in [-0.3, -0.25) is 4.98 Å². The first-order valence-electron chi connectivity index (χ1n) is 6.68. The van der Waals surface area contributed by atoms with Crippen LogP contribution in [0.25, 0.3) is 11.6 Å². The van der Waals surface area contributed by atoms with Crippen LogP contribution in [-0.2, 0) is 16.4 Å². The predicted octanol–water partition coefficient (Wildman–Crippen LogP) is 0.956. The number of hydrogen-bond donors (Lipinski definition) is 0. The van der Waals surface area contributed by atoms with E-state index in [0.29, 0.717) is 31.1 Å². The molecular formula is C13H16N4O3S. The smallest absolute Gasteiger partial charge is 0.246 e. The standard InChI is InChI=1S/C13H16N4O3S/c1-21(18,19)17-4-2-10(9-17)6-11-7-14-8-12(16-11)13-15-3-5-20-13/h3,5,7-8,10H,2,4,6,9H2,1H3/t10-/m0/s1. The molecule has 2 aromatic heterocycles. The van der Waals surface area contributed by atoms with E-state index in [1.165, 1.54) is 16.8 Å². The summed E-state index contributed by atoms with van der Waals surface area (Å²) in [6.45, 7) is 1.13. The molecule has 0 spiro atoms. The number of oxazole rings is 1. The van der Waals surface area contributed by atoms with E-state index in [4.69, 9.17) is 4.42 Å². The van der Waals surface area contributed by atoms with Gasteiger partial charge < -0.3 is 4.42 Å². The van der Waals surface area contributed by atoms with Crippen LogP contribution in [0.5, 0.6) is 0 Å². The lowest BCUT2D eigenvalue weighted by Crippen LogP contribution is -2.27. The van der Waals surface area contributed by atoms with Crippen molar-refractivity contribution in [2.24, 2.45) is 5.92 Å². The molecule has 0 saturated carbocycles. The number of aromatic nitrogens is 3. The number of rotatable bonds is 4. The monoisotopic (exact) mass is 308 g/mol. The molecule has 0 radical (unpaired) electrons. The van der Waals surface area contributed by atoms with Gasteiger partial charge in [0.2, 0.25) is 15.9 Å². The second-order valence-corrected chi connectivity index (χ2v) is 7.20. The third kappa shape index (κ3) is 3.27. The number of sulfonamides is 1. The molecule has 112 valence electrons. The topological polar surface area (TPSA) is 89.2 Å². The third-order valence-corrected chi connectivity index (χ3v) is 4.82. The van der Waals surface area contributed by atoms with Crippen molar-refractivity contribution in [3.63, 3.8) is 0 Å². The largest absolute Gasteiger partial charge is 0.443 e. The quantitative estimate of drug-likeness (QED) is 0.835. The van der Waals surface area contributed by atoms with Crippen molar-refractivity contribution in [3.8, 4) is 11.6 Å². The Bertz CT molecular complexity index is 715. The highest BCUT2D eigenvalue weighted by Gasteiger charge is 2.28. The van der Waals surface area contributed by atoms with Gasteiger partial charge in [0.25, 0.3) is 0 Å². The Balaban J connectivity index is 1.71. The molecule has 0 amide bonds. The minimum Gasteiger partial charge on any atom is -0.443 e. The van der Waals surface area contributed by atoms with Crippen molar-refractivity contribution in [3.05, 3.63) is 30.5 Å². The first-order chi connectivity index (χ1) is 10.0. The maximum atomic E-state index is 11.5. The minimum atomic E-state index is -3.10. The van der Waals surface area contributed by atoms with Crippen LogP contribution in [-0.4, -0.2) is 47.0 Å². The summed E-state index contributed by atoms with van der Waals surface area (Å²) in [5.74, 6) is 0.711. The van der Waals surface area contributed by atoms with E-state index >= 15 is 0 Å². The second kappa shape index (κ2) is 5.53. The van der Waals surface area contributed by atoms with E-state index in [1.807, 2.05) is 0 Å². The van der Waals surface area contributed by atoms with Gasteiger partial charge in [-0.25, -0.2) is 22.7 Å². The van der Waals surface area contributed by atoms with E-state index in [9.17, 15) is 8.42 Å². The zero-order chi connectivity index (χ0) is 14.9. The minimum absolute atomic E-state index is 0.272. The predicted molar refractivity (Wildman–Crippen MR) is 75.8 cm³/mol. The molecule has 8 heteroatoms. The van der Waals surface area contributed by atoms with Gasteiger partial charge in [-0.1, -0.05) is 0 Å². The molecule has 3 heterocycles. The van der Waals surface area contributed by atoms with Crippen molar-refractivity contribution < 1.29 is 12.8 Å². The second-order valence-electron chi connectivity index (χ2n) is 5.21. The summed E-state index contributed by atoms with van der Waals surface area (Å²) in [5, 5.41) is 0. The van der Waals surface area contributed by atoms with Gasteiger partial charge in [0.15, 0.2) is 0 Å². The zero-order valence-corrected chi connectivity index (χ0v) is 12.5. The van der Waals surface area contributed by atoms with Crippen molar-refractivity contribution in [2.45, 2.75) is 12.8 Å². The Kier molecular flexibility index (Phi) is 3.73. The third-order valence-electron chi connectivity index (χ3n) is 3.55. The van der Waals surface area contributed by atoms with Crippen molar-refractivity contribution in [1.29, 1.82) is 0 Å². The van der Waals surface area contributed by atoms with Crippen molar-refractivity contribution >= 4 is 10.0 Å². The van der Waals surface area contributed by atoms with Crippen LogP contribution in [0.3, 0.4) is 0 Å². The lowest BCUT2D eigenvalue weighted by Gasteiger charge is -2.13. The average Bonchev–Trinajstić information content (AvgIpc) is 3.09. The normalized spacial score (nSPS) is 20.0. The summed E-state index contributed by atoms with van der Waals surface area (Å²) in [6.07, 6.45) is 9.15. The highest BCUT2D eigenvalue weighted by Crippen LogP contribution is 2.22. The highest BCUT2D eigenvalue weighted by molar-refractivity contribution is 7.88. The summed E-state index contributed by atoms with van der Waals surface area (Å²) in [7, 11) is -3.10. The number of hydrogen-bond acceptors (Lipinski definition) is 6. The van der Waals surface area contributed by atoms with E-state index in [-0.39, 0.29) is 5.92 Å². The van der Waals surface area contributed by atoms with Gasteiger partial charge >= 0.3 is 0 Å². The molecular weight excluding hydrogens is 292 g/mol. The van der Waals surface area contributed by atoms with Crippen LogP contribution in [0.15, 0.2) is 29.3 Å². The molecule has 1 atom stereocenters. The molecule has 0 aromatic carbocycles. The summed E-state index contributed by atoms with van der Waals surface area (Å²) >= 11 is 0. The van der Waals surface area contributed by atoms with Gasteiger partial charge in [0, 0.05) is 19.3 Å². The fourth-order valence-corrected chi connectivity index (χ4v) is 3.44. The Morgan fingerprint density at radius 1 is 1.43 bits per heavy atom. The first-order valence-corrected chi connectivity index (χ1v) is 8.53. The van der Waals surface area contributed by atoms with Crippen molar-refractivity contribution in [2.75, 3.05) is 19.3 Å².